The Bertz CT molecular complexity index is 433. The Labute approximate surface area is 114 Å². The van der Waals surface area contributed by atoms with Crippen molar-refractivity contribution in [1.29, 1.82) is 0 Å². The third-order valence-corrected chi connectivity index (χ3v) is 2.85. The highest BCUT2D eigenvalue weighted by atomic mass is 16.5. The molecule has 0 heterocycles. The number of rotatable bonds is 6. The number of ether oxygens (including phenoxy) is 1. The van der Waals surface area contributed by atoms with E-state index in [-0.39, 0.29) is 23.3 Å². The predicted octanol–water partition coefficient (Wildman–Crippen LogP) is 1.47. The van der Waals surface area contributed by atoms with E-state index in [0.717, 1.165) is 13.0 Å². The Morgan fingerprint density at radius 1 is 1.47 bits per heavy atom. The number of nitrogens with one attached hydrogen (secondary N) is 1. The number of hydrogen-bond acceptors (Lipinski definition) is 4. The lowest BCUT2D eigenvalue weighted by Crippen LogP contribution is -2.34. The molecule has 1 amide bonds. The second kappa shape index (κ2) is 6.99. The van der Waals surface area contributed by atoms with E-state index in [1.807, 2.05) is 21.0 Å². The molecule has 0 aliphatic carbocycles. The first-order valence-electron chi connectivity index (χ1n) is 6.27. The van der Waals surface area contributed by atoms with E-state index in [1.54, 1.807) is 18.2 Å². The fourth-order valence-electron chi connectivity index (χ4n) is 1.70. The second-order valence-corrected chi connectivity index (χ2v) is 4.82. The SMILES string of the molecule is COc1cccc(C(=O)NC(C)CCN(C)C)c1O. The lowest BCUT2D eigenvalue weighted by molar-refractivity contribution is 0.0933. The molecule has 1 unspecified atom stereocenters. The molecule has 0 aliphatic heterocycles. The zero-order valence-corrected chi connectivity index (χ0v) is 11.9. The molecule has 5 nitrogen and oxygen atoms in total. The summed E-state index contributed by atoms with van der Waals surface area (Å²) in [5, 5.41) is 12.8. The minimum absolute atomic E-state index is 0.0421. The Kier molecular flexibility index (Phi) is 5.63. The van der Waals surface area contributed by atoms with Crippen LogP contribution in [0, 0.1) is 0 Å². The first kappa shape index (κ1) is 15.3. The molecule has 19 heavy (non-hydrogen) atoms. The molecule has 1 aromatic carbocycles. The maximum Gasteiger partial charge on any atom is 0.255 e. The number of phenolic OH excluding ortho intramolecular Hbond substituents is 1. The summed E-state index contributed by atoms with van der Waals surface area (Å²) in [4.78, 5) is 14.1. The van der Waals surface area contributed by atoms with Gasteiger partial charge < -0.3 is 20.1 Å². The molecule has 1 rings (SSSR count). The number of amides is 1. The lowest BCUT2D eigenvalue weighted by Gasteiger charge is -2.17. The first-order chi connectivity index (χ1) is 8.95. The van der Waals surface area contributed by atoms with E-state index >= 15 is 0 Å². The molecular weight excluding hydrogens is 244 g/mol. The quantitative estimate of drug-likeness (QED) is 0.818. The number of nitrogens with zero attached hydrogens (tertiary/aromatic N) is 1. The van der Waals surface area contributed by atoms with Crippen molar-refractivity contribution in [3.63, 3.8) is 0 Å². The lowest BCUT2D eigenvalue weighted by atomic mass is 10.1. The van der Waals surface area contributed by atoms with Crippen LogP contribution in [-0.4, -0.2) is 49.7 Å². The third-order valence-electron chi connectivity index (χ3n) is 2.85. The molecule has 0 spiro atoms. The monoisotopic (exact) mass is 266 g/mol. The van der Waals surface area contributed by atoms with Gasteiger partial charge in [0.2, 0.25) is 0 Å². The summed E-state index contributed by atoms with van der Waals surface area (Å²) in [5.41, 5.74) is 0.232. The molecule has 0 saturated carbocycles. The fourth-order valence-corrected chi connectivity index (χ4v) is 1.70. The van der Waals surface area contributed by atoms with E-state index in [9.17, 15) is 9.90 Å². The van der Waals surface area contributed by atoms with Crippen LogP contribution in [0.5, 0.6) is 11.5 Å². The summed E-state index contributed by atoms with van der Waals surface area (Å²) < 4.78 is 4.98. The normalized spacial score (nSPS) is 12.3. The van der Waals surface area contributed by atoms with Gasteiger partial charge in [-0.05, 0) is 46.1 Å². The molecule has 0 aromatic heterocycles. The molecule has 2 N–H and O–H groups in total. The number of para-hydroxylation sites is 1. The first-order valence-corrected chi connectivity index (χ1v) is 6.27. The van der Waals surface area contributed by atoms with Crippen LogP contribution < -0.4 is 10.1 Å². The van der Waals surface area contributed by atoms with Crippen LogP contribution in [0.3, 0.4) is 0 Å². The van der Waals surface area contributed by atoms with Gasteiger partial charge in [0, 0.05) is 6.04 Å². The number of carbonyl (C=O) groups excluding carboxylic acids is 1. The summed E-state index contributed by atoms with van der Waals surface area (Å²) in [7, 11) is 5.43. The van der Waals surface area contributed by atoms with Gasteiger partial charge in [-0.1, -0.05) is 6.07 Å². The summed E-state index contributed by atoms with van der Waals surface area (Å²) in [6.45, 7) is 2.84. The minimum atomic E-state index is -0.289. The summed E-state index contributed by atoms with van der Waals surface area (Å²) in [6, 6.07) is 4.91. The standard InChI is InChI=1S/C14H22N2O3/c1-10(8-9-16(2)3)15-14(18)11-6-5-7-12(19-4)13(11)17/h5-7,10,17H,8-9H2,1-4H3,(H,15,18). The Morgan fingerprint density at radius 3 is 2.74 bits per heavy atom. The van der Waals surface area contributed by atoms with Crippen LogP contribution in [0.4, 0.5) is 0 Å². The molecule has 0 radical (unpaired) electrons. The average Bonchev–Trinajstić information content (AvgIpc) is 2.36. The minimum Gasteiger partial charge on any atom is -0.504 e. The molecule has 0 fully saturated rings. The van der Waals surface area contributed by atoms with Crippen LogP contribution in [-0.2, 0) is 0 Å². The van der Waals surface area contributed by atoms with Gasteiger partial charge in [-0.2, -0.15) is 0 Å². The van der Waals surface area contributed by atoms with Crippen molar-refractivity contribution >= 4 is 5.91 Å². The van der Waals surface area contributed by atoms with E-state index in [4.69, 9.17) is 4.74 Å². The van der Waals surface area contributed by atoms with Crippen molar-refractivity contribution in [2.45, 2.75) is 19.4 Å². The molecule has 5 heteroatoms. The Morgan fingerprint density at radius 2 is 2.16 bits per heavy atom. The number of hydrogen-bond donors (Lipinski definition) is 2. The fraction of sp³-hybridized carbons (Fsp3) is 0.500. The van der Waals surface area contributed by atoms with Crippen LogP contribution in [0.15, 0.2) is 18.2 Å². The Balaban J connectivity index is 2.68. The highest BCUT2D eigenvalue weighted by Crippen LogP contribution is 2.29. The maximum absolute atomic E-state index is 12.0. The number of methoxy groups -OCH3 is 1. The van der Waals surface area contributed by atoms with Crippen LogP contribution in [0.2, 0.25) is 0 Å². The van der Waals surface area contributed by atoms with Gasteiger partial charge in [0.15, 0.2) is 11.5 Å². The zero-order valence-electron chi connectivity index (χ0n) is 11.9. The summed E-state index contributed by atoms with van der Waals surface area (Å²) in [6.07, 6.45) is 0.851. The summed E-state index contributed by atoms with van der Waals surface area (Å²) >= 11 is 0. The second-order valence-electron chi connectivity index (χ2n) is 4.82. The third kappa shape index (κ3) is 4.44. The van der Waals surface area contributed by atoms with Gasteiger partial charge in [-0.15, -0.1) is 0 Å². The van der Waals surface area contributed by atoms with Crippen molar-refractivity contribution in [2.75, 3.05) is 27.7 Å². The van der Waals surface area contributed by atoms with Gasteiger partial charge >= 0.3 is 0 Å². The van der Waals surface area contributed by atoms with Gasteiger partial charge in [0.05, 0.1) is 12.7 Å². The van der Waals surface area contributed by atoms with Crippen molar-refractivity contribution < 1.29 is 14.6 Å². The van der Waals surface area contributed by atoms with Gasteiger partial charge in [0.25, 0.3) is 5.91 Å². The molecule has 1 aromatic rings. The molecule has 0 aliphatic rings. The number of phenols is 1. The van der Waals surface area contributed by atoms with Gasteiger partial charge in [0.1, 0.15) is 0 Å². The van der Waals surface area contributed by atoms with Crippen molar-refractivity contribution in [3.8, 4) is 11.5 Å². The van der Waals surface area contributed by atoms with Crippen molar-refractivity contribution in [3.05, 3.63) is 23.8 Å². The highest BCUT2D eigenvalue weighted by molar-refractivity contribution is 5.97. The van der Waals surface area contributed by atoms with E-state index in [1.165, 1.54) is 7.11 Å². The van der Waals surface area contributed by atoms with Crippen LogP contribution >= 0.6 is 0 Å². The van der Waals surface area contributed by atoms with E-state index in [0.29, 0.717) is 5.75 Å². The maximum atomic E-state index is 12.0. The number of aromatic hydroxyl groups is 1. The average molecular weight is 266 g/mol. The molecular formula is C14H22N2O3. The molecule has 1 atom stereocenters. The topological polar surface area (TPSA) is 61.8 Å². The number of benzene rings is 1. The van der Waals surface area contributed by atoms with Crippen LogP contribution in [0.1, 0.15) is 23.7 Å². The Hall–Kier alpha value is -1.75. The van der Waals surface area contributed by atoms with Crippen LogP contribution in [0.25, 0.3) is 0 Å². The van der Waals surface area contributed by atoms with E-state index in [2.05, 4.69) is 10.2 Å². The van der Waals surface area contributed by atoms with E-state index < -0.39 is 0 Å². The van der Waals surface area contributed by atoms with Crippen molar-refractivity contribution in [2.24, 2.45) is 0 Å². The number of carbonyl (C=O) groups is 1. The van der Waals surface area contributed by atoms with Gasteiger partial charge in [-0.3, -0.25) is 4.79 Å². The molecule has 0 saturated heterocycles. The van der Waals surface area contributed by atoms with Crippen molar-refractivity contribution in [1.82, 2.24) is 10.2 Å². The van der Waals surface area contributed by atoms with Gasteiger partial charge in [-0.25, -0.2) is 0 Å². The molecule has 0 bridgehead atoms. The highest BCUT2D eigenvalue weighted by Gasteiger charge is 2.16. The zero-order chi connectivity index (χ0) is 14.4. The predicted molar refractivity (Wildman–Crippen MR) is 74.8 cm³/mol. The summed E-state index contributed by atoms with van der Waals surface area (Å²) in [5.74, 6) is -0.112. The largest absolute Gasteiger partial charge is 0.504 e. The smallest absolute Gasteiger partial charge is 0.255 e. The molecule has 106 valence electrons.